The highest BCUT2D eigenvalue weighted by molar-refractivity contribution is 5.48. The topological polar surface area (TPSA) is 84.9 Å². The summed E-state index contributed by atoms with van der Waals surface area (Å²) in [7, 11) is 3.23. The van der Waals surface area contributed by atoms with Crippen LogP contribution in [-0.4, -0.2) is 47.5 Å². The van der Waals surface area contributed by atoms with Gasteiger partial charge in [0.1, 0.15) is 5.69 Å². The first-order valence-electron chi connectivity index (χ1n) is 5.95. The van der Waals surface area contributed by atoms with Crippen LogP contribution in [0.3, 0.4) is 0 Å². The van der Waals surface area contributed by atoms with Crippen LogP contribution < -0.4 is 10.1 Å². The monoisotopic (exact) mass is 263 g/mol. The smallest absolute Gasteiger partial charge is 0.233 e. The number of H-pyrrole nitrogens is 1. The minimum absolute atomic E-state index is 0.483. The van der Waals surface area contributed by atoms with E-state index in [0.717, 1.165) is 12.2 Å². The van der Waals surface area contributed by atoms with Gasteiger partial charge in [-0.2, -0.15) is 0 Å². The molecule has 0 aliphatic heterocycles. The van der Waals surface area contributed by atoms with Crippen LogP contribution in [0, 0.1) is 0 Å². The lowest BCUT2D eigenvalue weighted by molar-refractivity contribution is 0.199. The van der Waals surface area contributed by atoms with Crippen LogP contribution in [0.5, 0.6) is 5.88 Å². The van der Waals surface area contributed by atoms with E-state index in [1.807, 2.05) is 6.07 Å². The Morgan fingerprint density at radius 1 is 1.26 bits per heavy atom. The van der Waals surface area contributed by atoms with Crippen molar-refractivity contribution in [1.82, 2.24) is 25.5 Å². The van der Waals surface area contributed by atoms with Crippen LogP contribution in [0.4, 0.5) is 0 Å². The van der Waals surface area contributed by atoms with Crippen LogP contribution in [0.15, 0.2) is 18.3 Å². The molecule has 0 aromatic carbocycles. The molecule has 2 aromatic rings. The largest absolute Gasteiger partial charge is 0.480 e. The molecule has 0 unspecified atom stereocenters. The van der Waals surface area contributed by atoms with Gasteiger partial charge in [0.2, 0.25) is 5.88 Å². The molecule has 0 saturated heterocycles. The summed E-state index contributed by atoms with van der Waals surface area (Å²) < 4.78 is 9.92. The van der Waals surface area contributed by atoms with Gasteiger partial charge in [-0.15, -0.1) is 10.2 Å². The van der Waals surface area contributed by atoms with Crippen LogP contribution in [0.25, 0.3) is 11.5 Å². The van der Waals surface area contributed by atoms with Crippen LogP contribution in [-0.2, 0) is 11.3 Å². The summed E-state index contributed by atoms with van der Waals surface area (Å²) in [6.45, 7) is 2.19. The molecule has 0 radical (unpaired) electrons. The van der Waals surface area contributed by atoms with E-state index in [1.165, 1.54) is 0 Å². The molecule has 19 heavy (non-hydrogen) atoms. The molecule has 2 rings (SSSR count). The number of rotatable bonds is 7. The summed E-state index contributed by atoms with van der Waals surface area (Å²) in [4.78, 5) is 7.46. The van der Waals surface area contributed by atoms with Crippen molar-refractivity contribution >= 4 is 0 Å². The molecule has 2 heterocycles. The van der Waals surface area contributed by atoms with Crippen molar-refractivity contribution in [3.05, 3.63) is 24.0 Å². The highest BCUT2D eigenvalue weighted by Crippen LogP contribution is 2.14. The molecule has 0 saturated carbocycles. The van der Waals surface area contributed by atoms with Gasteiger partial charge in [0.05, 0.1) is 19.9 Å². The van der Waals surface area contributed by atoms with Crippen molar-refractivity contribution in [3.63, 3.8) is 0 Å². The van der Waals surface area contributed by atoms with Crippen molar-refractivity contribution in [2.45, 2.75) is 6.54 Å². The molecule has 0 fully saturated rings. The minimum atomic E-state index is 0.483. The Bertz CT molecular complexity index is 497. The minimum Gasteiger partial charge on any atom is -0.480 e. The van der Waals surface area contributed by atoms with Gasteiger partial charge in [0, 0.05) is 32.0 Å². The fourth-order valence-corrected chi connectivity index (χ4v) is 1.53. The van der Waals surface area contributed by atoms with E-state index < -0.39 is 0 Å². The van der Waals surface area contributed by atoms with Gasteiger partial charge in [-0.25, -0.2) is 4.98 Å². The number of ether oxygens (including phenoxy) is 2. The highest BCUT2D eigenvalue weighted by atomic mass is 16.5. The van der Waals surface area contributed by atoms with E-state index in [9.17, 15) is 0 Å². The number of aromatic amines is 1. The zero-order chi connectivity index (χ0) is 13.5. The Kier molecular flexibility index (Phi) is 4.82. The van der Waals surface area contributed by atoms with Crippen molar-refractivity contribution in [1.29, 1.82) is 0 Å². The number of methoxy groups -OCH3 is 2. The van der Waals surface area contributed by atoms with Gasteiger partial charge >= 0.3 is 0 Å². The molecule has 0 bridgehead atoms. The summed E-state index contributed by atoms with van der Waals surface area (Å²) in [6, 6.07) is 3.56. The van der Waals surface area contributed by atoms with Gasteiger partial charge in [-0.1, -0.05) is 0 Å². The summed E-state index contributed by atoms with van der Waals surface area (Å²) in [5.74, 6) is 1.18. The van der Waals surface area contributed by atoms with Gasteiger partial charge in [0.25, 0.3) is 0 Å². The van der Waals surface area contributed by atoms with E-state index in [-0.39, 0.29) is 0 Å². The predicted octanol–water partition coefficient (Wildman–Crippen LogP) is 0.611. The lowest BCUT2D eigenvalue weighted by Crippen LogP contribution is -2.18. The summed E-state index contributed by atoms with van der Waals surface area (Å²) in [5, 5.41) is 11.2. The molecular formula is C12H17N5O2. The van der Waals surface area contributed by atoms with Gasteiger partial charge < -0.3 is 19.8 Å². The first-order chi connectivity index (χ1) is 9.33. The van der Waals surface area contributed by atoms with Gasteiger partial charge in [0.15, 0.2) is 5.82 Å². The van der Waals surface area contributed by atoms with E-state index >= 15 is 0 Å². The molecule has 0 amide bonds. The number of imidazole rings is 1. The zero-order valence-corrected chi connectivity index (χ0v) is 11.0. The van der Waals surface area contributed by atoms with Crippen LogP contribution in [0.2, 0.25) is 0 Å². The molecule has 2 N–H and O–H groups in total. The standard InChI is InChI=1S/C12H17N5O2/c1-18-6-5-13-7-9-8-14-12(15-9)10-3-4-11(19-2)17-16-10/h3-4,8,13H,5-7H2,1-2H3,(H,14,15). The maximum Gasteiger partial charge on any atom is 0.233 e. The lowest BCUT2D eigenvalue weighted by atomic mass is 10.4. The predicted molar refractivity (Wildman–Crippen MR) is 69.7 cm³/mol. The number of hydrogen-bond acceptors (Lipinski definition) is 6. The molecule has 2 aromatic heterocycles. The zero-order valence-electron chi connectivity index (χ0n) is 11.0. The summed E-state index contributed by atoms with van der Waals surface area (Å²) in [5.41, 5.74) is 1.67. The Balaban J connectivity index is 1.95. The van der Waals surface area contributed by atoms with Gasteiger partial charge in [-0.3, -0.25) is 0 Å². The number of aromatic nitrogens is 4. The van der Waals surface area contributed by atoms with Crippen LogP contribution >= 0.6 is 0 Å². The molecule has 7 heteroatoms. The Morgan fingerprint density at radius 3 is 2.84 bits per heavy atom. The third kappa shape index (κ3) is 3.73. The number of nitrogens with zero attached hydrogens (tertiary/aromatic N) is 3. The third-order valence-electron chi connectivity index (χ3n) is 2.52. The van der Waals surface area contributed by atoms with E-state index in [4.69, 9.17) is 9.47 Å². The third-order valence-corrected chi connectivity index (χ3v) is 2.52. The SMILES string of the molecule is COCCNCc1cnc(-c2ccc(OC)nn2)[nH]1. The fraction of sp³-hybridized carbons (Fsp3) is 0.417. The van der Waals surface area contributed by atoms with E-state index in [2.05, 4.69) is 25.5 Å². The molecule has 0 spiro atoms. The molecule has 0 aliphatic rings. The van der Waals surface area contributed by atoms with Crippen molar-refractivity contribution < 1.29 is 9.47 Å². The van der Waals surface area contributed by atoms with Gasteiger partial charge in [-0.05, 0) is 6.07 Å². The molecular weight excluding hydrogens is 246 g/mol. The Hall–Kier alpha value is -1.99. The van der Waals surface area contributed by atoms with Crippen molar-refractivity contribution in [2.24, 2.45) is 0 Å². The number of hydrogen-bond donors (Lipinski definition) is 2. The Labute approximate surface area is 111 Å². The molecule has 102 valence electrons. The second-order valence-electron chi connectivity index (χ2n) is 3.89. The first-order valence-corrected chi connectivity index (χ1v) is 5.95. The summed E-state index contributed by atoms with van der Waals surface area (Å²) in [6.07, 6.45) is 1.78. The molecule has 0 aliphatic carbocycles. The lowest BCUT2D eigenvalue weighted by Gasteiger charge is -2.01. The first kappa shape index (κ1) is 13.4. The quantitative estimate of drug-likeness (QED) is 0.712. The number of nitrogens with one attached hydrogen (secondary N) is 2. The van der Waals surface area contributed by atoms with Crippen LogP contribution in [0.1, 0.15) is 5.69 Å². The van der Waals surface area contributed by atoms with Crippen molar-refractivity contribution in [3.8, 4) is 17.4 Å². The average Bonchev–Trinajstić information content (AvgIpc) is 2.92. The summed E-state index contributed by atoms with van der Waals surface area (Å²) >= 11 is 0. The average molecular weight is 263 g/mol. The van der Waals surface area contributed by atoms with E-state index in [1.54, 1.807) is 26.5 Å². The molecule has 0 atom stereocenters. The maximum atomic E-state index is 4.96. The van der Waals surface area contributed by atoms with E-state index in [0.29, 0.717) is 30.5 Å². The maximum absolute atomic E-state index is 4.96. The normalized spacial score (nSPS) is 10.6. The Morgan fingerprint density at radius 2 is 2.16 bits per heavy atom. The highest BCUT2D eigenvalue weighted by Gasteiger charge is 2.05. The second kappa shape index (κ2) is 6.81. The van der Waals surface area contributed by atoms with Crippen molar-refractivity contribution in [2.75, 3.05) is 27.4 Å². The second-order valence-corrected chi connectivity index (χ2v) is 3.89. The fourth-order valence-electron chi connectivity index (χ4n) is 1.53. The molecule has 7 nitrogen and oxygen atoms in total.